The third kappa shape index (κ3) is 2.48. The predicted octanol–water partition coefficient (Wildman–Crippen LogP) is 5.04. The lowest BCUT2D eigenvalue weighted by molar-refractivity contribution is 0.318. The van der Waals surface area contributed by atoms with Gasteiger partial charge in [0.05, 0.1) is 5.39 Å². The average molecular weight is 368 g/mol. The molecule has 1 N–H and O–H groups in total. The fourth-order valence-corrected chi connectivity index (χ4v) is 3.30. The molecule has 5 nitrogen and oxygen atoms in total. The van der Waals surface area contributed by atoms with Crippen LogP contribution in [0.2, 0.25) is 5.02 Å². The van der Waals surface area contributed by atoms with Gasteiger partial charge in [0.25, 0.3) is 0 Å². The van der Waals surface area contributed by atoms with Crippen molar-refractivity contribution in [2.24, 2.45) is 5.16 Å². The van der Waals surface area contributed by atoms with Crippen molar-refractivity contribution in [1.82, 2.24) is 0 Å². The molecule has 130 valence electrons. The highest BCUT2D eigenvalue weighted by Crippen LogP contribution is 2.34. The molecule has 2 heterocycles. The highest BCUT2D eigenvalue weighted by atomic mass is 35.5. The highest BCUT2D eigenvalue weighted by molar-refractivity contribution is 6.30. The number of nitrogens with zero attached hydrogens (tertiary/aromatic N) is 1. The summed E-state index contributed by atoms with van der Waals surface area (Å²) in [4.78, 5) is 11.8. The minimum absolute atomic E-state index is 0.276. The Morgan fingerprint density at radius 3 is 2.50 bits per heavy atom. The van der Waals surface area contributed by atoms with Crippen LogP contribution < -0.4 is 5.63 Å². The monoisotopic (exact) mass is 367 g/mol. The number of furan rings is 1. The zero-order valence-electron chi connectivity index (χ0n) is 14.0. The molecular weight excluding hydrogens is 354 g/mol. The summed E-state index contributed by atoms with van der Waals surface area (Å²) < 4.78 is 11.4. The van der Waals surface area contributed by atoms with Crippen LogP contribution >= 0.6 is 11.6 Å². The number of benzene rings is 2. The van der Waals surface area contributed by atoms with E-state index in [1.165, 1.54) is 6.07 Å². The molecule has 0 spiro atoms. The van der Waals surface area contributed by atoms with Gasteiger partial charge in [-0.1, -0.05) is 28.9 Å². The summed E-state index contributed by atoms with van der Waals surface area (Å²) in [6.07, 6.45) is 0. The van der Waals surface area contributed by atoms with E-state index in [1.807, 2.05) is 26.0 Å². The van der Waals surface area contributed by atoms with Crippen LogP contribution in [0.4, 0.5) is 0 Å². The zero-order valence-corrected chi connectivity index (χ0v) is 14.8. The molecule has 26 heavy (non-hydrogen) atoms. The summed E-state index contributed by atoms with van der Waals surface area (Å²) in [6, 6.07) is 12.0. The summed E-state index contributed by atoms with van der Waals surface area (Å²) in [5, 5.41) is 15.1. The SMILES string of the molecule is Cc1cc(=O)oc2c1ccc1oc(/C(=N/O)c3ccc(Cl)cc3)c(C)c12. The van der Waals surface area contributed by atoms with Gasteiger partial charge in [-0.15, -0.1) is 0 Å². The van der Waals surface area contributed by atoms with Gasteiger partial charge in [-0.25, -0.2) is 4.79 Å². The topological polar surface area (TPSA) is 75.9 Å². The second kappa shape index (κ2) is 6.04. The molecule has 2 aromatic heterocycles. The molecule has 0 unspecified atom stereocenters. The molecule has 0 bridgehead atoms. The molecule has 0 fully saturated rings. The smallest absolute Gasteiger partial charge is 0.336 e. The summed E-state index contributed by atoms with van der Waals surface area (Å²) in [6.45, 7) is 3.69. The van der Waals surface area contributed by atoms with Gasteiger partial charge in [0, 0.05) is 27.6 Å². The maximum absolute atomic E-state index is 11.8. The van der Waals surface area contributed by atoms with Crippen molar-refractivity contribution in [3.8, 4) is 0 Å². The first-order valence-electron chi connectivity index (χ1n) is 7.94. The molecule has 0 saturated heterocycles. The van der Waals surface area contributed by atoms with Crippen LogP contribution in [0.25, 0.3) is 21.9 Å². The van der Waals surface area contributed by atoms with E-state index < -0.39 is 5.63 Å². The molecule has 0 aliphatic carbocycles. The summed E-state index contributed by atoms with van der Waals surface area (Å²) in [7, 11) is 0. The fourth-order valence-electron chi connectivity index (χ4n) is 3.17. The van der Waals surface area contributed by atoms with Crippen LogP contribution in [0, 0.1) is 13.8 Å². The Balaban J connectivity index is 2.02. The van der Waals surface area contributed by atoms with Crippen molar-refractivity contribution in [2.45, 2.75) is 13.8 Å². The number of fused-ring (bicyclic) bond motifs is 3. The van der Waals surface area contributed by atoms with Crippen molar-refractivity contribution in [1.29, 1.82) is 0 Å². The molecular formula is C20H14ClNO4. The van der Waals surface area contributed by atoms with Gasteiger partial charge >= 0.3 is 5.63 Å². The van der Waals surface area contributed by atoms with Gasteiger partial charge in [-0.2, -0.15) is 0 Å². The molecule has 4 rings (SSSR count). The van der Waals surface area contributed by atoms with Gasteiger partial charge in [-0.3, -0.25) is 0 Å². The van der Waals surface area contributed by atoms with Crippen LogP contribution in [-0.4, -0.2) is 10.9 Å². The zero-order chi connectivity index (χ0) is 18.4. The lowest BCUT2D eigenvalue weighted by Gasteiger charge is -2.03. The first kappa shape index (κ1) is 16.4. The van der Waals surface area contributed by atoms with Crippen molar-refractivity contribution in [2.75, 3.05) is 0 Å². The number of oxime groups is 1. The molecule has 4 aromatic rings. The van der Waals surface area contributed by atoms with Gasteiger partial charge in [0.2, 0.25) is 0 Å². The van der Waals surface area contributed by atoms with Crippen LogP contribution in [0.5, 0.6) is 0 Å². The Bertz CT molecular complexity index is 1230. The van der Waals surface area contributed by atoms with Gasteiger partial charge in [0.1, 0.15) is 11.2 Å². The molecule has 0 radical (unpaired) electrons. The van der Waals surface area contributed by atoms with E-state index in [1.54, 1.807) is 24.3 Å². The fraction of sp³-hybridized carbons (Fsp3) is 0.100. The second-order valence-corrected chi connectivity index (χ2v) is 6.51. The second-order valence-electron chi connectivity index (χ2n) is 6.08. The summed E-state index contributed by atoms with van der Waals surface area (Å²) in [5.74, 6) is 0.404. The molecule has 0 amide bonds. The number of halogens is 1. The number of rotatable bonds is 2. The quantitative estimate of drug-likeness (QED) is 0.233. The summed E-state index contributed by atoms with van der Waals surface area (Å²) >= 11 is 5.93. The van der Waals surface area contributed by atoms with E-state index in [-0.39, 0.29) is 5.71 Å². The van der Waals surface area contributed by atoms with Crippen molar-refractivity contribution in [3.05, 3.63) is 80.4 Å². The maximum Gasteiger partial charge on any atom is 0.336 e. The standard InChI is InChI=1S/C20H14ClNO4/c1-10-9-16(23)26-20-14(10)7-8-15-17(20)11(2)19(25-15)18(22-24)12-3-5-13(21)6-4-12/h3-9,24H,1-2H3/b22-18+. The Kier molecular flexibility index (Phi) is 3.81. The predicted molar refractivity (Wildman–Crippen MR) is 101 cm³/mol. The molecule has 0 aliphatic rings. The molecule has 0 atom stereocenters. The van der Waals surface area contributed by atoms with Crippen molar-refractivity contribution in [3.63, 3.8) is 0 Å². The third-order valence-electron chi connectivity index (χ3n) is 4.44. The van der Waals surface area contributed by atoms with E-state index in [2.05, 4.69) is 5.16 Å². The van der Waals surface area contributed by atoms with Gasteiger partial charge in [-0.05, 0) is 43.7 Å². The van der Waals surface area contributed by atoms with Gasteiger partial charge < -0.3 is 14.0 Å². The Morgan fingerprint density at radius 2 is 1.81 bits per heavy atom. The van der Waals surface area contributed by atoms with Crippen molar-refractivity contribution < 1.29 is 14.0 Å². The maximum atomic E-state index is 11.8. The lowest BCUT2D eigenvalue weighted by Crippen LogP contribution is -2.03. The van der Waals surface area contributed by atoms with Crippen LogP contribution in [-0.2, 0) is 0 Å². The van der Waals surface area contributed by atoms with E-state index in [0.29, 0.717) is 32.9 Å². The average Bonchev–Trinajstić information content (AvgIpc) is 2.94. The largest absolute Gasteiger partial charge is 0.454 e. The van der Waals surface area contributed by atoms with Crippen LogP contribution in [0.1, 0.15) is 22.5 Å². The molecule has 6 heteroatoms. The highest BCUT2D eigenvalue weighted by Gasteiger charge is 2.21. The van der Waals surface area contributed by atoms with Crippen molar-refractivity contribution >= 4 is 39.3 Å². The van der Waals surface area contributed by atoms with E-state index in [9.17, 15) is 10.0 Å². The lowest BCUT2D eigenvalue weighted by atomic mass is 10.0. The molecule has 0 saturated carbocycles. The van der Waals surface area contributed by atoms with Gasteiger partial charge in [0.15, 0.2) is 11.5 Å². The minimum atomic E-state index is -0.418. The van der Waals surface area contributed by atoms with E-state index >= 15 is 0 Å². The Hall–Kier alpha value is -3.05. The minimum Gasteiger partial charge on any atom is -0.454 e. The van der Waals surface area contributed by atoms with Crippen LogP contribution in [0.15, 0.2) is 61.2 Å². The molecule has 0 aliphatic heterocycles. The Labute approximate surface area is 153 Å². The number of aryl methyl sites for hydroxylation is 2. The third-order valence-corrected chi connectivity index (χ3v) is 4.69. The van der Waals surface area contributed by atoms with Crippen LogP contribution in [0.3, 0.4) is 0 Å². The Morgan fingerprint density at radius 1 is 1.08 bits per heavy atom. The van der Waals surface area contributed by atoms with E-state index in [4.69, 9.17) is 20.4 Å². The number of hydrogen-bond donors (Lipinski definition) is 1. The van der Waals surface area contributed by atoms with E-state index in [0.717, 1.165) is 16.5 Å². The number of hydrogen-bond acceptors (Lipinski definition) is 5. The normalized spacial score (nSPS) is 12.2. The summed E-state index contributed by atoms with van der Waals surface area (Å²) in [5.41, 5.74) is 3.08. The first-order chi connectivity index (χ1) is 12.5. The first-order valence-corrected chi connectivity index (χ1v) is 8.32. The molecule has 2 aromatic carbocycles.